The highest BCUT2D eigenvalue weighted by molar-refractivity contribution is 6.04. The number of nitrogens with one attached hydrogen (secondary N) is 1. The second-order valence-electron chi connectivity index (χ2n) is 6.47. The van der Waals surface area contributed by atoms with Gasteiger partial charge in [0.25, 0.3) is 11.5 Å². The monoisotopic (exact) mass is 382 g/mol. The molecule has 0 saturated carbocycles. The Hall–Kier alpha value is -3.69. The Balaban J connectivity index is 1.74. The molecule has 10 heteroatoms. The summed E-state index contributed by atoms with van der Waals surface area (Å²) in [5.41, 5.74) is 0.301. The highest BCUT2D eigenvalue weighted by Gasteiger charge is 2.31. The number of anilines is 2. The molecule has 28 heavy (non-hydrogen) atoms. The van der Waals surface area contributed by atoms with E-state index in [1.807, 2.05) is 17.0 Å². The van der Waals surface area contributed by atoms with Crippen LogP contribution < -0.4 is 15.8 Å². The number of rotatable bonds is 4. The highest BCUT2D eigenvalue weighted by Crippen LogP contribution is 2.35. The van der Waals surface area contributed by atoms with Crippen LogP contribution in [0.4, 0.5) is 11.6 Å². The molecule has 3 aromatic rings. The van der Waals surface area contributed by atoms with Crippen LogP contribution in [0.5, 0.6) is 5.75 Å². The van der Waals surface area contributed by atoms with Gasteiger partial charge >= 0.3 is 0 Å². The molecule has 4 rings (SSSR count). The number of amides is 1. The number of carbonyl (C=O) groups excluding carboxylic acids is 1. The molecule has 3 aromatic heterocycles. The number of pyridine rings is 1. The number of nitrogens with zero attached hydrogens (tertiary/aromatic N) is 5. The minimum Gasteiger partial charge on any atom is -0.501 e. The molecule has 4 heterocycles. The molecule has 0 spiro atoms. The predicted molar refractivity (Wildman–Crippen MR) is 99.2 cm³/mol. The first-order valence-electron chi connectivity index (χ1n) is 8.73. The molecule has 1 aliphatic heterocycles. The van der Waals surface area contributed by atoms with E-state index >= 15 is 0 Å². The van der Waals surface area contributed by atoms with E-state index in [0.717, 1.165) is 18.4 Å². The predicted octanol–water partition coefficient (Wildman–Crippen LogP) is 1.46. The van der Waals surface area contributed by atoms with Crippen LogP contribution >= 0.6 is 0 Å². The Morgan fingerprint density at radius 2 is 2.14 bits per heavy atom. The molecule has 0 bridgehead atoms. The average Bonchev–Trinajstić information content (AvgIpc) is 3.39. The maximum absolute atomic E-state index is 12.5. The van der Waals surface area contributed by atoms with Gasteiger partial charge in [0, 0.05) is 26.0 Å². The van der Waals surface area contributed by atoms with Gasteiger partial charge in [0.2, 0.25) is 11.7 Å². The lowest BCUT2D eigenvalue weighted by Crippen LogP contribution is -2.33. The molecule has 0 radical (unpaired) electrons. The number of hydrogen-bond acceptors (Lipinski definition) is 8. The maximum Gasteiger partial charge on any atom is 0.297 e. The largest absolute Gasteiger partial charge is 0.501 e. The van der Waals surface area contributed by atoms with Gasteiger partial charge in [-0.25, -0.2) is 4.98 Å². The van der Waals surface area contributed by atoms with Crippen molar-refractivity contribution in [3.05, 3.63) is 58.6 Å². The third-order valence-corrected chi connectivity index (χ3v) is 4.75. The molecule has 144 valence electrons. The summed E-state index contributed by atoms with van der Waals surface area (Å²) in [6, 6.07) is 3.84. The molecule has 0 aliphatic carbocycles. The minimum absolute atomic E-state index is 0.000345. The van der Waals surface area contributed by atoms with Gasteiger partial charge in [-0.1, -0.05) is 5.16 Å². The molecule has 0 aromatic carbocycles. The van der Waals surface area contributed by atoms with E-state index in [-0.39, 0.29) is 11.7 Å². The van der Waals surface area contributed by atoms with Gasteiger partial charge in [-0.2, -0.15) is 0 Å². The molecule has 2 N–H and O–H groups in total. The summed E-state index contributed by atoms with van der Waals surface area (Å²) in [4.78, 5) is 35.4. The summed E-state index contributed by atoms with van der Waals surface area (Å²) in [7, 11) is 1.52. The van der Waals surface area contributed by atoms with Crippen molar-refractivity contribution in [2.75, 3.05) is 16.8 Å². The average molecular weight is 382 g/mol. The van der Waals surface area contributed by atoms with Gasteiger partial charge in [0.15, 0.2) is 5.69 Å². The van der Waals surface area contributed by atoms with E-state index in [4.69, 9.17) is 0 Å². The van der Waals surface area contributed by atoms with Gasteiger partial charge in [-0.3, -0.25) is 19.1 Å². The lowest BCUT2D eigenvalue weighted by atomic mass is 10.1. The highest BCUT2D eigenvalue weighted by atomic mass is 16.5. The van der Waals surface area contributed by atoms with Crippen molar-refractivity contribution in [1.82, 2.24) is 19.7 Å². The van der Waals surface area contributed by atoms with Crippen molar-refractivity contribution in [1.29, 1.82) is 0 Å². The standard InChI is InChI=1S/C18H18N6O4/c1-23-17(27)15(25)14(16(26)21-12-9-20-28-10-12)22-18(23)24-8-2-3-13(24)11-4-6-19-7-5-11/h4-7,9-10,13,25H,2-3,8H2,1H3,(H,21,26)/t13-/m0/s1. The van der Waals surface area contributed by atoms with E-state index in [2.05, 4.69) is 25.0 Å². The number of carbonyl (C=O) groups is 1. The summed E-state index contributed by atoms with van der Waals surface area (Å²) < 4.78 is 5.92. The summed E-state index contributed by atoms with van der Waals surface area (Å²) in [6.45, 7) is 0.671. The fraction of sp³-hybridized carbons (Fsp3) is 0.278. The van der Waals surface area contributed by atoms with E-state index in [0.29, 0.717) is 18.2 Å². The van der Waals surface area contributed by atoms with Gasteiger partial charge in [-0.15, -0.1) is 0 Å². The van der Waals surface area contributed by atoms with Crippen LogP contribution in [0.25, 0.3) is 0 Å². The van der Waals surface area contributed by atoms with E-state index in [1.165, 1.54) is 24.1 Å². The summed E-state index contributed by atoms with van der Waals surface area (Å²) in [5.74, 6) is -1.11. The molecular formula is C18H18N6O4. The molecule has 1 aliphatic rings. The molecule has 0 unspecified atom stereocenters. The fourth-order valence-electron chi connectivity index (χ4n) is 3.39. The van der Waals surface area contributed by atoms with Crippen molar-refractivity contribution in [3.63, 3.8) is 0 Å². The topological polar surface area (TPSA) is 126 Å². The van der Waals surface area contributed by atoms with Crippen molar-refractivity contribution in [2.45, 2.75) is 18.9 Å². The first-order chi connectivity index (χ1) is 13.6. The lowest BCUT2D eigenvalue weighted by molar-refractivity contribution is 0.101. The van der Waals surface area contributed by atoms with Crippen molar-refractivity contribution in [2.24, 2.45) is 7.05 Å². The Morgan fingerprint density at radius 1 is 1.36 bits per heavy atom. The first-order valence-corrected chi connectivity index (χ1v) is 8.73. The van der Waals surface area contributed by atoms with E-state index in [1.54, 1.807) is 12.4 Å². The molecule has 1 saturated heterocycles. The second kappa shape index (κ2) is 7.14. The Morgan fingerprint density at radius 3 is 2.86 bits per heavy atom. The Bertz CT molecular complexity index is 1050. The van der Waals surface area contributed by atoms with Crippen LogP contribution in [0.3, 0.4) is 0 Å². The lowest BCUT2D eigenvalue weighted by Gasteiger charge is -2.27. The van der Waals surface area contributed by atoms with Crippen LogP contribution in [0, 0.1) is 0 Å². The maximum atomic E-state index is 12.5. The summed E-state index contributed by atoms with van der Waals surface area (Å²) in [5, 5.41) is 16.2. The number of hydrogen-bond donors (Lipinski definition) is 2. The summed E-state index contributed by atoms with van der Waals surface area (Å²) >= 11 is 0. The van der Waals surface area contributed by atoms with Crippen LogP contribution in [0.15, 0.2) is 46.3 Å². The first kappa shape index (κ1) is 17.7. The summed E-state index contributed by atoms with van der Waals surface area (Å²) in [6.07, 6.45) is 7.75. The van der Waals surface area contributed by atoms with Crippen molar-refractivity contribution >= 4 is 17.5 Å². The minimum atomic E-state index is -0.723. The van der Waals surface area contributed by atoms with Crippen molar-refractivity contribution < 1.29 is 14.4 Å². The van der Waals surface area contributed by atoms with Crippen molar-refractivity contribution in [3.8, 4) is 5.75 Å². The zero-order chi connectivity index (χ0) is 19.7. The zero-order valence-electron chi connectivity index (χ0n) is 15.1. The molecule has 1 amide bonds. The molecular weight excluding hydrogens is 364 g/mol. The van der Waals surface area contributed by atoms with Crippen LogP contribution in [-0.2, 0) is 7.05 Å². The normalized spacial score (nSPS) is 16.3. The van der Waals surface area contributed by atoms with Crippen LogP contribution in [-0.4, -0.2) is 37.3 Å². The fourth-order valence-corrected chi connectivity index (χ4v) is 3.39. The van der Waals surface area contributed by atoms with E-state index < -0.39 is 17.2 Å². The smallest absolute Gasteiger partial charge is 0.297 e. The Kier molecular flexibility index (Phi) is 4.52. The third-order valence-electron chi connectivity index (χ3n) is 4.75. The van der Waals surface area contributed by atoms with Gasteiger partial charge in [0.05, 0.1) is 12.2 Å². The van der Waals surface area contributed by atoms with Gasteiger partial charge < -0.3 is 19.8 Å². The van der Waals surface area contributed by atoms with Crippen LogP contribution in [0.1, 0.15) is 34.9 Å². The third kappa shape index (κ3) is 3.08. The van der Waals surface area contributed by atoms with Gasteiger partial charge in [0.1, 0.15) is 12.0 Å². The molecule has 1 fully saturated rings. The van der Waals surface area contributed by atoms with E-state index in [9.17, 15) is 14.7 Å². The molecule has 10 nitrogen and oxygen atoms in total. The molecule has 1 atom stereocenters. The quantitative estimate of drug-likeness (QED) is 0.694. The number of aromatic hydroxyl groups is 1. The Labute approximate surface area is 159 Å². The van der Waals surface area contributed by atoms with Gasteiger partial charge in [-0.05, 0) is 30.5 Å². The van der Waals surface area contributed by atoms with Crippen LogP contribution in [0.2, 0.25) is 0 Å². The second-order valence-corrected chi connectivity index (χ2v) is 6.47. The number of aromatic nitrogens is 4. The zero-order valence-corrected chi connectivity index (χ0v) is 15.1. The SMILES string of the molecule is Cn1c(N2CCC[C@H]2c2ccncc2)nc(C(=O)Nc2cnoc2)c(O)c1=O.